The van der Waals surface area contributed by atoms with Gasteiger partial charge < -0.3 is 30.9 Å². The molecule has 1 atom stereocenters. The van der Waals surface area contributed by atoms with Gasteiger partial charge in [-0.3, -0.25) is 4.79 Å². The molecule has 1 fully saturated rings. The SMILES string of the molecule is CN(C)CCN(C(=O)O)C1CCN(c2ccc(C(=O)Nc3ccccc3N)cc2)C1. The van der Waals surface area contributed by atoms with Crippen LogP contribution < -0.4 is 16.0 Å². The number of hydrogen-bond donors (Lipinski definition) is 3. The highest BCUT2D eigenvalue weighted by Crippen LogP contribution is 2.24. The molecule has 0 bridgehead atoms. The number of nitrogens with zero attached hydrogens (tertiary/aromatic N) is 3. The molecule has 2 aromatic carbocycles. The molecule has 2 aromatic rings. The van der Waals surface area contributed by atoms with Gasteiger partial charge in [-0.2, -0.15) is 0 Å². The Kier molecular flexibility index (Phi) is 6.79. The third-order valence-electron chi connectivity index (χ3n) is 5.34. The van der Waals surface area contributed by atoms with Crippen molar-refractivity contribution in [3.63, 3.8) is 0 Å². The number of nitrogens with one attached hydrogen (secondary N) is 1. The fourth-order valence-corrected chi connectivity index (χ4v) is 3.60. The zero-order valence-electron chi connectivity index (χ0n) is 17.4. The van der Waals surface area contributed by atoms with Gasteiger partial charge >= 0.3 is 6.09 Å². The second kappa shape index (κ2) is 9.49. The van der Waals surface area contributed by atoms with E-state index in [0.29, 0.717) is 36.6 Å². The number of benzene rings is 2. The largest absolute Gasteiger partial charge is 0.465 e. The van der Waals surface area contributed by atoms with E-state index >= 15 is 0 Å². The maximum atomic E-state index is 12.5. The first kappa shape index (κ1) is 21.4. The quantitative estimate of drug-likeness (QED) is 0.606. The van der Waals surface area contributed by atoms with E-state index in [4.69, 9.17) is 5.73 Å². The number of nitrogens with two attached hydrogens (primary N) is 1. The molecule has 1 aliphatic rings. The first-order valence-corrected chi connectivity index (χ1v) is 10.0. The van der Waals surface area contributed by atoms with Crippen molar-refractivity contribution in [2.75, 3.05) is 56.2 Å². The Bertz CT molecular complexity index is 885. The molecule has 160 valence electrons. The highest BCUT2D eigenvalue weighted by atomic mass is 16.4. The molecule has 0 spiro atoms. The van der Waals surface area contributed by atoms with Crippen molar-refractivity contribution < 1.29 is 14.7 Å². The lowest BCUT2D eigenvalue weighted by atomic mass is 10.1. The lowest BCUT2D eigenvalue weighted by Crippen LogP contribution is -2.44. The number of likely N-dealkylation sites (N-methyl/N-ethyl adjacent to an activating group) is 1. The van der Waals surface area contributed by atoms with Crippen LogP contribution in [0.25, 0.3) is 0 Å². The molecule has 0 radical (unpaired) electrons. The maximum absolute atomic E-state index is 12.5. The van der Waals surface area contributed by atoms with Crippen molar-refractivity contribution in [2.24, 2.45) is 0 Å². The fraction of sp³-hybridized carbons (Fsp3) is 0.364. The molecular formula is C22H29N5O3. The molecule has 0 aliphatic carbocycles. The van der Waals surface area contributed by atoms with Crippen molar-refractivity contribution in [1.29, 1.82) is 0 Å². The smallest absolute Gasteiger partial charge is 0.407 e. The van der Waals surface area contributed by atoms with Crippen LogP contribution >= 0.6 is 0 Å². The number of carbonyl (C=O) groups excluding carboxylic acids is 1. The van der Waals surface area contributed by atoms with E-state index in [2.05, 4.69) is 10.2 Å². The molecular weight excluding hydrogens is 382 g/mol. The van der Waals surface area contributed by atoms with Gasteiger partial charge in [-0.1, -0.05) is 12.1 Å². The van der Waals surface area contributed by atoms with E-state index in [-0.39, 0.29) is 11.9 Å². The Labute approximate surface area is 176 Å². The van der Waals surface area contributed by atoms with Gasteiger partial charge in [0.2, 0.25) is 0 Å². The Balaban J connectivity index is 1.62. The summed E-state index contributed by atoms with van der Waals surface area (Å²) in [6, 6.07) is 14.4. The molecule has 1 aliphatic heterocycles. The molecule has 0 aromatic heterocycles. The van der Waals surface area contributed by atoms with E-state index in [1.807, 2.05) is 43.3 Å². The van der Waals surface area contributed by atoms with Crippen LogP contribution in [-0.2, 0) is 0 Å². The van der Waals surface area contributed by atoms with E-state index in [1.54, 1.807) is 24.3 Å². The molecule has 4 N–H and O–H groups in total. The minimum absolute atomic E-state index is 0.0357. The van der Waals surface area contributed by atoms with Gasteiger partial charge in [-0.05, 0) is 56.9 Å². The molecule has 1 unspecified atom stereocenters. The summed E-state index contributed by atoms with van der Waals surface area (Å²) in [6.45, 7) is 2.61. The van der Waals surface area contributed by atoms with E-state index in [9.17, 15) is 14.7 Å². The number of amides is 2. The molecule has 30 heavy (non-hydrogen) atoms. The highest BCUT2D eigenvalue weighted by Gasteiger charge is 2.30. The second-order valence-corrected chi connectivity index (χ2v) is 7.76. The summed E-state index contributed by atoms with van der Waals surface area (Å²) in [5.74, 6) is -0.223. The lowest BCUT2D eigenvalue weighted by molar-refractivity contribution is 0.102. The first-order valence-electron chi connectivity index (χ1n) is 10.0. The number of hydrogen-bond acceptors (Lipinski definition) is 5. The summed E-state index contributed by atoms with van der Waals surface area (Å²) in [4.78, 5) is 29.8. The second-order valence-electron chi connectivity index (χ2n) is 7.76. The summed E-state index contributed by atoms with van der Waals surface area (Å²) >= 11 is 0. The number of nitrogen functional groups attached to an aromatic ring is 1. The van der Waals surface area contributed by atoms with E-state index < -0.39 is 6.09 Å². The summed E-state index contributed by atoms with van der Waals surface area (Å²) in [6.07, 6.45) is -0.0918. The number of carbonyl (C=O) groups is 2. The molecule has 0 saturated carbocycles. The molecule has 8 nitrogen and oxygen atoms in total. The number of anilines is 3. The molecule has 1 heterocycles. The van der Waals surface area contributed by atoms with E-state index in [0.717, 1.165) is 18.7 Å². The predicted octanol–water partition coefficient (Wildman–Crippen LogP) is 2.64. The summed E-state index contributed by atoms with van der Waals surface area (Å²) in [5, 5.41) is 12.4. The van der Waals surface area contributed by atoms with Gasteiger partial charge in [0.1, 0.15) is 0 Å². The maximum Gasteiger partial charge on any atom is 0.407 e. The van der Waals surface area contributed by atoms with Gasteiger partial charge in [0.15, 0.2) is 0 Å². The van der Waals surface area contributed by atoms with E-state index in [1.165, 1.54) is 4.90 Å². The Hall–Kier alpha value is -3.26. The number of carboxylic acid groups (broad SMARTS) is 1. The zero-order valence-corrected chi connectivity index (χ0v) is 17.4. The van der Waals surface area contributed by atoms with Gasteiger partial charge in [-0.15, -0.1) is 0 Å². The van der Waals surface area contributed by atoms with Crippen molar-refractivity contribution >= 4 is 29.1 Å². The topological polar surface area (TPSA) is 102 Å². The lowest BCUT2D eigenvalue weighted by Gasteiger charge is -2.28. The minimum atomic E-state index is -0.879. The summed E-state index contributed by atoms with van der Waals surface area (Å²) in [7, 11) is 3.87. The molecule has 2 amide bonds. The monoisotopic (exact) mass is 411 g/mol. The van der Waals surface area contributed by atoms with Crippen LogP contribution in [0.15, 0.2) is 48.5 Å². The first-order chi connectivity index (χ1) is 14.3. The Morgan fingerprint density at radius 2 is 1.83 bits per heavy atom. The fourth-order valence-electron chi connectivity index (χ4n) is 3.60. The van der Waals surface area contributed by atoms with Crippen LogP contribution in [0.5, 0.6) is 0 Å². The third kappa shape index (κ3) is 5.21. The molecule has 3 rings (SSSR count). The van der Waals surface area contributed by atoms with Crippen LogP contribution in [0.1, 0.15) is 16.8 Å². The van der Waals surface area contributed by atoms with Gasteiger partial charge in [0, 0.05) is 37.4 Å². The number of para-hydroxylation sites is 2. The highest BCUT2D eigenvalue weighted by molar-refractivity contribution is 6.05. The average Bonchev–Trinajstić information content (AvgIpc) is 3.19. The molecule has 1 saturated heterocycles. The van der Waals surface area contributed by atoms with Gasteiger partial charge in [0.05, 0.1) is 17.4 Å². The normalized spacial score (nSPS) is 16.0. The summed E-state index contributed by atoms with van der Waals surface area (Å²) in [5.41, 5.74) is 8.50. The van der Waals surface area contributed by atoms with Crippen molar-refractivity contribution in [3.05, 3.63) is 54.1 Å². The van der Waals surface area contributed by atoms with Gasteiger partial charge in [-0.25, -0.2) is 4.79 Å². The Morgan fingerprint density at radius 3 is 2.47 bits per heavy atom. The number of rotatable bonds is 7. The minimum Gasteiger partial charge on any atom is -0.465 e. The van der Waals surface area contributed by atoms with Crippen molar-refractivity contribution in [1.82, 2.24) is 9.80 Å². The van der Waals surface area contributed by atoms with Crippen LogP contribution in [0.4, 0.5) is 21.9 Å². The average molecular weight is 412 g/mol. The Morgan fingerprint density at radius 1 is 1.13 bits per heavy atom. The van der Waals surface area contributed by atoms with Crippen molar-refractivity contribution in [2.45, 2.75) is 12.5 Å². The summed E-state index contributed by atoms with van der Waals surface area (Å²) < 4.78 is 0. The van der Waals surface area contributed by atoms with Crippen LogP contribution in [-0.4, -0.2) is 73.2 Å². The van der Waals surface area contributed by atoms with Crippen LogP contribution in [0, 0.1) is 0 Å². The predicted molar refractivity (Wildman–Crippen MR) is 119 cm³/mol. The van der Waals surface area contributed by atoms with Crippen molar-refractivity contribution in [3.8, 4) is 0 Å². The van der Waals surface area contributed by atoms with Crippen LogP contribution in [0.3, 0.4) is 0 Å². The standard InChI is InChI=1S/C22H29N5O3/c1-25(2)13-14-27(22(29)30)18-11-12-26(15-18)17-9-7-16(8-10-17)21(28)24-20-6-4-3-5-19(20)23/h3-10,18H,11-15,23H2,1-2H3,(H,24,28)(H,29,30). The van der Waals surface area contributed by atoms with Gasteiger partial charge in [0.25, 0.3) is 5.91 Å². The zero-order chi connectivity index (χ0) is 21.7. The van der Waals surface area contributed by atoms with Crippen LogP contribution in [0.2, 0.25) is 0 Å². The molecule has 8 heteroatoms. The third-order valence-corrected chi connectivity index (χ3v) is 5.34.